The summed E-state index contributed by atoms with van der Waals surface area (Å²) in [4.78, 5) is 14.9. The number of nitrogens with two attached hydrogens (primary N) is 1. The summed E-state index contributed by atoms with van der Waals surface area (Å²) in [6, 6.07) is 16.1. The zero-order valence-corrected chi connectivity index (χ0v) is 20.7. The lowest BCUT2D eigenvalue weighted by Gasteiger charge is -2.16. The van der Waals surface area contributed by atoms with Crippen molar-refractivity contribution in [2.75, 3.05) is 31.3 Å². The summed E-state index contributed by atoms with van der Waals surface area (Å²) in [5, 5.41) is 9.66. The van der Waals surface area contributed by atoms with Crippen LogP contribution in [0.3, 0.4) is 0 Å². The van der Waals surface area contributed by atoms with E-state index in [4.69, 9.17) is 10.5 Å². The lowest BCUT2D eigenvalue weighted by atomic mass is 10.1. The highest BCUT2D eigenvalue weighted by molar-refractivity contribution is 7.99. The number of nitrogen functional groups attached to an aromatic ring is 1. The molecule has 2 aromatic carbocycles. The van der Waals surface area contributed by atoms with E-state index >= 15 is 0 Å². The summed E-state index contributed by atoms with van der Waals surface area (Å²) in [6.07, 6.45) is 0. The minimum Gasteiger partial charge on any atom is -0.494 e. The number of hydrogen-bond acceptors (Lipinski definition) is 9. The number of rotatable bonds is 8. The van der Waals surface area contributed by atoms with Crippen LogP contribution in [0.5, 0.6) is 5.75 Å². The summed E-state index contributed by atoms with van der Waals surface area (Å²) in [6.45, 7) is 6.66. The van der Waals surface area contributed by atoms with Gasteiger partial charge in [-0.3, -0.25) is 4.57 Å². The van der Waals surface area contributed by atoms with Gasteiger partial charge in [0.05, 0.1) is 11.9 Å². The largest absolute Gasteiger partial charge is 0.494 e. The van der Waals surface area contributed by atoms with Crippen LogP contribution >= 0.6 is 11.8 Å². The van der Waals surface area contributed by atoms with Crippen LogP contribution in [0.25, 0.3) is 17.1 Å². The van der Waals surface area contributed by atoms with Crippen molar-refractivity contribution in [3.05, 3.63) is 59.9 Å². The molecule has 0 bridgehead atoms. The second-order valence-electron chi connectivity index (χ2n) is 7.94. The van der Waals surface area contributed by atoms with Crippen molar-refractivity contribution in [1.82, 2.24) is 29.7 Å². The number of nitrogens with zero attached hydrogens (tertiary/aromatic N) is 7. The average molecular weight is 477 g/mol. The minimum absolute atomic E-state index is 0.139. The van der Waals surface area contributed by atoms with Gasteiger partial charge >= 0.3 is 0 Å². The predicted octanol–water partition coefficient (Wildman–Crippen LogP) is 4.33. The third-order valence-electron chi connectivity index (χ3n) is 5.02. The molecule has 2 aromatic heterocycles. The second kappa shape index (κ2) is 10.1. The van der Waals surface area contributed by atoms with Crippen LogP contribution in [-0.2, 0) is 0 Å². The van der Waals surface area contributed by atoms with E-state index < -0.39 is 0 Å². The smallest absolute Gasteiger partial charge is 0.229 e. The van der Waals surface area contributed by atoms with Gasteiger partial charge in [0.25, 0.3) is 0 Å². The molecule has 0 aliphatic heterocycles. The first-order chi connectivity index (χ1) is 16.4. The summed E-state index contributed by atoms with van der Waals surface area (Å²) in [5.74, 6) is 2.86. The van der Waals surface area contributed by atoms with Crippen LogP contribution in [0.2, 0.25) is 0 Å². The fourth-order valence-electron chi connectivity index (χ4n) is 3.40. The normalized spacial score (nSPS) is 11.9. The van der Waals surface area contributed by atoms with Gasteiger partial charge in [0.2, 0.25) is 11.9 Å². The van der Waals surface area contributed by atoms with Gasteiger partial charge in [0.1, 0.15) is 11.6 Å². The molecule has 0 radical (unpaired) electrons. The van der Waals surface area contributed by atoms with Gasteiger partial charge in [-0.25, -0.2) is 0 Å². The topological polar surface area (TPSA) is 108 Å². The maximum atomic E-state index is 5.94. The van der Waals surface area contributed by atoms with Crippen molar-refractivity contribution in [2.24, 2.45) is 0 Å². The van der Waals surface area contributed by atoms with E-state index in [1.54, 1.807) is 4.90 Å². The van der Waals surface area contributed by atoms with Crippen molar-refractivity contribution in [1.29, 1.82) is 0 Å². The summed E-state index contributed by atoms with van der Waals surface area (Å²) >= 11 is 1.51. The molecule has 4 aromatic rings. The highest BCUT2D eigenvalue weighted by atomic mass is 32.2. The molecule has 0 aliphatic carbocycles. The van der Waals surface area contributed by atoms with Gasteiger partial charge in [-0.15, -0.1) is 10.2 Å². The summed E-state index contributed by atoms with van der Waals surface area (Å²) in [5.41, 5.74) is 9.01. The monoisotopic (exact) mass is 476 g/mol. The van der Waals surface area contributed by atoms with Crippen molar-refractivity contribution in [3.8, 4) is 22.8 Å². The van der Waals surface area contributed by atoms with E-state index in [1.165, 1.54) is 11.8 Å². The molecule has 2 N–H and O–H groups in total. The zero-order chi connectivity index (χ0) is 24.2. The Labute approximate surface area is 203 Å². The molecule has 0 spiro atoms. The van der Waals surface area contributed by atoms with E-state index in [0.717, 1.165) is 33.5 Å². The van der Waals surface area contributed by atoms with E-state index in [9.17, 15) is 0 Å². The Balaban J connectivity index is 1.75. The second-order valence-corrected chi connectivity index (χ2v) is 9.25. The van der Waals surface area contributed by atoms with E-state index in [0.29, 0.717) is 18.4 Å². The van der Waals surface area contributed by atoms with Crippen molar-refractivity contribution in [2.45, 2.75) is 31.2 Å². The number of aryl methyl sites for hydroxylation is 1. The average Bonchev–Trinajstić information content (AvgIpc) is 3.23. The first-order valence-corrected chi connectivity index (χ1v) is 11.8. The molecule has 176 valence electrons. The maximum absolute atomic E-state index is 5.94. The fourth-order valence-corrected chi connectivity index (χ4v) is 4.31. The number of aromatic nitrogens is 6. The molecular weight excluding hydrogens is 448 g/mol. The third kappa shape index (κ3) is 5.12. The molecular formula is C24H28N8OS. The molecule has 0 saturated carbocycles. The Kier molecular flexibility index (Phi) is 6.97. The summed E-state index contributed by atoms with van der Waals surface area (Å²) in [7, 11) is 3.74. The van der Waals surface area contributed by atoms with Crippen LogP contribution in [-0.4, -0.2) is 50.4 Å². The van der Waals surface area contributed by atoms with Crippen molar-refractivity contribution >= 4 is 23.7 Å². The molecule has 34 heavy (non-hydrogen) atoms. The Morgan fingerprint density at radius 2 is 1.82 bits per heavy atom. The molecule has 4 rings (SSSR count). The van der Waals surface area contributed by atoms with E-state index in [-0.39, 0.29) is 11.2 Å². The highest BCUT2D eigenvalue weighted by Gasteiger charge is 2.22. The Morgan fingerprint density at radius 3 is 2.50 bits per heavy atom. The van der Waals surface area contributed by atoms with Crippen LogP contribution < -0.4 is 15.4 Å². The molecule has 1 unspecified atom stereocenters. The molecule has 10 heteroatoms. The first kappa shape index (κ1) is 23.5. The lowest BCUT2D eigenvalue weighted by Crippen LogP contribution is -2.16. The van der Waals surface area contributed by atoms with Crippen LogP contribution in [0.1, 0.15) is 30.5 Å². The SMILES string of the molecule is CCOc1ccc(-n2c(SC(C)c3nc(N)nc(N(C)C)n3)nnc2-c2cccc(C)c2)cc1. The number of thioether (sulfide) groups is 1. The molecule has 0 aliphatic rings. The Bertz CT molecular complexity index is 1270. The Hall–Kier alpha value is -3.66. The minimum atomic E-state index is -0.139. The Morgan fingerprint density at radius 1 is 1.06 bits per heavy atom. The number of anilines is 2. The number of hydrogen-bond donors (Lipinski definition) is 1. The quantitative estimate of drug-likeness (QED) is 0.372. The maximum Gasteiger partial charge on any atom is 0.229 e. The zero-order valence-electron chi connectivity index (χ0n) is 19.9. The third-order valence-corrected chi connectivity index (χ3v) is 6.06. The van der Waals surface area contributed by atoms with E-state index in [2.05, 4.69) is 44.2 Å². The number of benzene rings is 2. The molecule has 0 amide bonds. The summed E-state index contributed by atoms with van der Waals surface area (Å²) < 4.78 is 7.66. The van der Waals surface area contributed by atoms with Gasteiger partial charge < -0.3 is 15.4 Å². The molecule has 0 saturated heterocycles. The highest BCUT2D eigenvalue weighted by Crippen LogP contribution is 2.36. The first-order valence-electron chi connectivity index (χ1n) is 11.0. The van der Waals surface area contributed by atoms with Gasteiger partial charge in [-0.1, -0.05) is 35.5 Å². The van der Waals surface area contributed by atoms with Gasteiger partial charge in [0.15, 0.2) is 11.0 Å². The standard InChI is InChI=1S/C24H28N8OS/c1-6-33-19-12-10-18(11-13-19)32-21(17-9-7-8-15(2)14-17)29-30-24(32)34-16(3)20-26-22(25)28-23(27-20)31(4)5/h7-14,16H,6H2,1-5H3,(H2,25,26,27,28). The van der Waals surface area contributed by atoms with Crippen LogP contribution in [0.4, 0.5) is 11.9 Å². The lowest BCUT2D eigenvalue weighted by molar-refractivity contribution is 0.340. The predicted molar refractivity (Wildman–Crippen MR) is 136 cm³/mol. The number of ether oxygens (including phenoxy) is 1. The molecule has 0 fully saturated rings. The van der Waals surface area contributed by atoms with Crippen molar-refractivity contribution in [3.63, 3.8) is 0 Å². The van der Waals surface area contributed by atoms with Crippen LogP contribution in [0, 0.1) is 6.92 Å². The van der Waals surface area contributed by atoms with Gasteiger partial charge in [0, 0.05) is 25.3 Å². The fraction of sp³-hybridized carbons (Fsp3) is 0.292. The van der Waals surface area contributed by atoms with Gasteiger partial charge in [-0.05, 0) is 51.1 Å². The molecule has 1 atom stereocenters. The van der Waals surface area contributed by atoms with Crippen LogP contribution in [0.15, 0.2) is 53.7 Å². The molecule has 2 heterocycles. The van der Waals surface area contributed by atoms with E-state index in [1.807, 2.05) is 68.9 Å². The molecule has 9 nitrogen and oxygen atoms in total. The van der Waals surface area contributed by atoms with Gasteiger partial charge in [-0.2, -0.15) is 15.0 Å². The van der Waals surface area contributed by atoms with Crippen molar-refractivity contribution < 1.29 is 4.74 Å².